The fraction of sp³-hybridized carbons (Fsp3) is 0.158. The summed E-state index contributed by atoms with van der Waals surface area (Å²) in [6.07, 6.45) is 0. The van der Waals surface area contributed by atoms with Crippen molar-refractivity contribution in [2.45, 2.75) is 13.5 Å². The zero-order chi connectivity index (χ0) is 19.6. The zero-order valence-corrected chi connectivity index (χ0v) is 15.1. The van der Waals surface area contributed by atoms with E-state index >= 15 is 0 Å². The molecule has 3 rings (SSSR count). The Morgan fingerprint density at radius 2 is 1.93 bits per heavy atom. The highest BCUT2D eigenvalue weighted by Crippen LogP contribution is 2.35. The summed E-state index contributed by atoms with van der Waals surface area (Å²) in [5, 5.41) is 0.236. The van der Waals surface area contributed by atoms with Gasteiger partial charge in [-0.1, -0.05) is 6.07 Å². The van der Waals surface area contributed by atoms with Crippen molar-refractivity contribution in [3.05, 3.63) is 64.0 Å². The number of rotatable bonds is 6. The van der Waals surface area contributed by atoms with Gasteiger partial charge in [-0.2, -0.15) is 0 Å². The van der Waals surface area contributed by atoms with Crippen LogP contribution in [0.2, 0.25) is 0 Å². The first-order chi connectivity index (χ1) is 12.9. The fourth-order valence-corrected chi connectivity index (χ4v) is 3.70. The number of amides is 1. The Balaban J connectivity index is 1.97. The summed E-state index contributed by atoms with van der Waals surface area (Å²) in [5.74, 6) is -2.81. The third-order valence-corrected chi connectivity index (χ3v) is 4.99. The molecule has 3 aromatic rings. The van der Waals surface area contributed by atoms with Gasteiger partial charge in [-0.05, 0) is 37.3 Å². The minimum atomic E-state index is -0.788. The van der Waals surface area contributed by atoms with Gasteiger partial charge in [-0.15, -0.1) is 11.3 Å². The predicted octanol–water partition coefficient (Wildman–Crippen LogP) is 4.03. The Labute approximate surface area is 157 Å². The van der Waals surface area contributed by atoms with Gasteiger partial charge in [0.1, 0.15) is 17.3 Å². The lowest BCUT2D eigenvalue weighted by atomic mass is 10.1. The maximum atomic E-state index is 14.3. The summed E-state index contributed by atoms with van der Waals surface area (Å²) >= 11 is 1.08. The van der Waals surface area contributed by atoms with Crippen molar-refractivity contribution in [1.82, 2.24) is 0 Å². The van der Waals surface area contributed by atoms with Gasteiger partial charge in [-0.25, -0.2) is 13.6 Å². The Kier molecular flexibility index (Phi) is 5.36. The Morgan fingerprint density at radius 1 is 1.15 bits per heavy atom. The average molecular weight is 391 g/mol. The van der Waals surface area contributed by atoms with Crippen molar-refractivity contribution in [3.8, 4) is 5.75 Å². The van der Waals surface area contributed by atoms with E-state index in [2.05, 4.69) is 0 Å². The van der Waals surface area contributed by atoms with Gasteiger partial charge < -0.3 is 15.2 Å². The van der Waals surface area contributed by atoms with Crippen molar-refractivity contribution in [1.29, 1.82) is 0 Å². The molecule has 0 radical (unpaired) electrons. The third kappa shape index (κ3) is 3.75. The van der Waals surface area contributed by atoms with Crippen molar-refractivity contribution in [2.24, 2.45) is 5.73 Å². The highest BCUT2D eigenvalue weighted by molar-refractivity contribution is 7.21. The number of halogens is 2. The molecule has 0 bridgehead atoms. The number of carbonyl (C=O) groups excluding carboxylic acids is 2. The van der Waals surface area contributed by atoms with Crippen LogP contribution in [-0.4, -0.2) is 18.5 Å². The van der Waals surface area contributed by atoms with E-state index < -0.39 is 23.5 Å². The molecule has 27 heavy (non-hydrogen) atoms. The van der Waals surface area contributed by atoms with Crippen molar-refractivity contribution in [3.63, 3.8) is 0 Å². The van der Waals surface area contributed by atoms with Crippen molar-refractivity contribution in [2.75, 3.05) is 6.61 Å². The largest absolute Gasteiger partial charge is 0.486 e. The molecular weight excluding hydrogens is 376 g/mol. The number of ether oxygens (including phenoxy) is 2. The molecule has 1 aromatic heterocycles. The number of thiophene rings is 1. The summed E-state index contributed by atoms with van der Waals surface area (Å²) in [5.41, 5.74) is 5.39. The lowest BCUT2D eigenvalue weighted by Gasteiger charge is -2.09. The first kappa shape index (κ1) is 18.8. The van der Waals surface area contributed by atoms with Gasteiger partial charge in [0.15, 0.2) is 11.6 Å². The second-order valence-corrected chi connectivity index (χ2v) is 6.59. The summed E-state index contributed by atoms with van der Waals surface area (Å²) in [6.45, 7) is 1.58. The van der Waals surface area contributed by atoms with E-state index in [1.807, 2.05) is 0 Å². The maximum absolute atomic E-state index is 14.3. The topological polar surface area (TPSA) is 78.6 Å². The second kappa shape index (κ2) is 7.71. The van der Waals surface area contributed by atoms with E-state index in [0.29, 0.717) is 4.70 Å². The summed E-state index contributed by atoms with van der Waals surface area (Å²) < 4.78 is 39.5. The Hall–Kier alpha value is -3.00. The minimum absolute atomic E-state index is 0.000842. The van der Waals surface area contributed by atoms with Gasteiger partial charge in [0.25, 0.3) is 0 Å². The van der Waals surface area contributed by atoms with Crippen LogP contribution < -0.4 is 10.5 Å². The van der Waals surface area contributed by atoms with Gasteiger partial charge in [0, 0.05) is 21.2 Å². The molecular formula is C19H15F2NO4S. The number of fused-ring (bicyclic) bond motifs is 1. The van der Waals surface area contributed by atoms with Crippen LogP contribution in [-0.2, 0) is 11.3 Å². The summed E-state index contributed by atoms with van der Waals surface area (Å²) in [6, 6.07) is 8.02. The molecule has 0 fully saturated rings. The minimum Gasteiger partial charge on any atom is -0.486 e. The predicted molar refractivity (Wildman–Crippen MR) is 97.0 cm³/mol. The van der Waals surface area contributed by atoms with E-state index in [4.69, 9.17) is 15.2 Å². The van der Waals surface area contributed by atoms with E-state index in [1.54, 1.807) is 13.0 Å². The van der Waals surface area contributed by atoms with Crippen LogP contribution in [0.3, 0.4) is 0 Å². The van der Waals surface area contributed by atoms with E-state index in [9.17, 15) is 18.4 Å². The zero-order valence-electron chi connectivity index (χ0n) is 14.3. The standard InChI is InChI=1S/C19H15F2NO4S/c1-2-25-19(24)17-11(16-12(20)4-3-5-15(16)27-17)9-26-14-7-6-10(18(22)23)8-13(14)21/h3-8H,2,9H2,1H3,(H2,22,23). The quantitative estimate of drug-likeness (QED) is 0.644. The normalized spacial score (nSPS) is 10.8. The first-order valence-electron chi connectivity index (χ1n) is 8.01. The highest BCUT2D eigenvalue weighted by atomic mass is 32.1. The molecule has 0 aliphatic rings. The van der Waals surface area contributed by atoms with Crippen LogP contribution in [0.15, 0.2) is 36.4 Å². The summed E-state index contributed by atoms with van der Waals surface area (Å²) in [4.78, 5) is 23.5. The molecule has 0 aliphatic heterocycles. The molecule has 2 aromatic carbocycles. The van der Waals surface area contributed by atoms with E-state index in [1.165, 1.54) is 24.3 Å². The lowest BCUT2D eigenvalue weighted by Crippen LogP contribution is -2.11. The van der Waals surface area contributed by atoms with E-state index in [-0.39, 0.29) is 40.4 Å². The molecule has 8 heteroatoms. The molecule has 0 aliphatic carbocycles. The third-order valence-electron chi connectivity index (χ3n) is 3.81. The number of esters is 1. The molecule has 0 unspecified atom stereocenters. The smallest absolute Gasteiger partial charge is 0.348 e. The number of hydrogen-bond acceptors (Lipinski definition) is 5. The fourth-order valence-electron chi connectivity index (χ4n) is 2.59. The molecule has 0 saturated heterocycles. The van der Waals surface area contributed by atoms with Gasteiger partial charge in [0.2, 0.25) is 5.91 Å². The highest BCUT2D eigenvalue weighted by Gasteiger charge is 2.22. The second-order valence-electron chi connectivity index (χ2n) is 5.54. The van der Waals surface area contributed by atoms with Gasteiger partial charge in [0.05, 0.1) is 6.61 Å². The van der Waals surface area contributed by atoms with Crippen LogP contribution in [0.5, 0.6) is 5.75 Å². The average Bonchev–Trinajstić information content (AvgIpc) is 3.01. The number of primary amides is 1. The van der Waals surface area contributed by atoms with Crippen molar-refractivity contribution < 1.29 is 27.8 Å². The van der Waals surface area contributed by atoms with E-state index in [0.717, 1.165) is 17.4 Å². The first-order valence-corrected chi connectivity index (χ1v) is 8.83. The molecule has 0 saturated carbocycles. The molecule has 0 atom stereocenters. The Bertz CT molecular complexity index is 1030. The summed E-state index contributed by atoms with van der Waals surface area (Å²) in [7, 11) is 0. The van der Waals surface area contributed by atoms with Crippen LogP contribution in [0, 0.1) is 11.6 Å². The monoisotopic (exact) mass is 391 g/mol. The van der Waals surface area contributed by atoms with Crippen LogP contribution in [0.1, 0.15) is 32.5 Å². The molecule has 1 amide bonds. The number of benzene rings is 2. The van der Waals surface area contributed by atoms with Crippen LogP contribution >= 0.6 is 11.3 Å². The molecule has 1 heterocycles. The molecule has 5 nitrogen and oxygen atoms in total. The number of nitrogens with two attached hydrogens (primary N) is 1. The van der Waals surface area contributed by atoms with Crippen LogP contribution in [0.4, 0.5) is 8.78 Å². The van der Waals surface area contributed by atoms with Crippen LogP contribution in [0.25, 0.3) is 10.1 Å². The van der Waals surface area contributed by atoms with Gasteiger partial charge in [-0.3, -0.25) is 4.79 Å². The molecule has 0 spiro atoms. The van der Waals surface area contributed by atoms with Crippen molar-refractivity contribution >= 4 is 33.3 Å². The lowest BCUT2D eigenvalue weighted by molar-refractivity contribution is 0.0529. The molecule has 2 N–H and O–H groups in total. The molecule has 140 valence electrons. The maximum Gasteiger partial charge on any atom is 0.348 e. The number of hydrogen-bond donors (Lipinski definition) is 1. The Morgan fingerprint density at radius 3 is 2.59 bits per heavy atom. The number of carbonyl (C=O) groups is 2. The van der Waals surface area contributed by atoms with Gasteiger partial charge >= 0.3 is 5.97 Å². The SMILES string of the molecule is CCOC(=O)c1sc2cccc(F)c2c1COc1ccc(C(N)=O)cc1F.